The maximum atomic E-state index is 5.73. The fourth-order valence-corrected chi connectivity index (χ4v) is 4.95. The minimum absolute atomic E-state index is 0.652. The number of hydrogen-bond donors (Lipinski definition) is 0. The number of rotatable bonds is 12. The summed E-state index contributed by atoms with van der Waals surface area (Å²) in [6, 6.07) is 0.857. The first kappa shape index (κ1) is 24.4. The second kappa shape index (κ2) is 16.0. The summed E-state index contributed by atoms with van der Waals surface area (Å²) in [6.45, 7) is 8.84. The van der Waals surface area contributed by atoms with Gasteiger partial charge in [-0.15, -0.1) is 0 Å². The average molecular weight is 358 g/mol. The molecule has 0 N–H and O–H groups in total. The van der Waals surface area contributed by atoms with Crippen molar-refractivity contribution in [2.75, 3.05) is 61.8 Å². The Balaban J connectivity index is 0. The lowest BCUT2D eigenvalue weighted by Gasteiger charge is -2.29. The third kappa shape index (κ3) is 12.7. The molecule has 22 heavy (non-hydrogen) atoms. The first-order chi connectivity index (χ1) is 10.4. The van der Waals surface area contributed by atoms with Crippen molar-refractivity contribution >= 4 is 18.3 Å². The molecule has 0 unspecified atom stereocenters. The molecule has 0 amide bonds. The third-order valence-electron chi connectivity index (χ3n) is 2.54. The van der Waals surface area contributed by atoms with Crippen LogP contribution >= 0.6 is 0 Å². The fraction of sp³-hybridized carbons (Fsp3) is 1.00. The molecule has 136 valence electrons. The van der Waals surface area contributed by atoms with E-state index in [0.717, 1.165) is 12.6 Å². The molecule has 0 aromatic carbocycles. The molecular weight excluding hydrogens is 322 g/mol. The van der Waals surface area contributed by atoms with Gasteiger partial charge in [0, 0.05) is 53.7 Å². The molecular formula is C13H35NO6Si2. The van der Waals surface area contributed by atoms with Crippen LogP contribution in [0.1, 0.15) is 20.8 Å². The van der Waals surface area contributed by atoms with Crippen molar-refractivity contribution < 1.29 is 26.6 Å². The maximum Gasteiger partial charge on any atom is 0.502 e. The van der Waals surface area contributed by atoms with E-state index >= 15 is 0 Å². The van der Waals surface area contributed by atoms with Crippen molar-refractivity contribution in [3.63, 3.8) is 0 Å². The van der Waals surface area contributed by atoms with Crippen LogP contribution in [-0.2, 0) is 26.6 Å². The predicted molar refractivity (Wildman–Crippen MR) is 92.2 cm³/mol. The van der Waals surface area contributed by atoms with Crippen LogP contribution in [-0.4, -0.2) is 85.0 Å². The number of nitrogens with zero attached hydrogens (tertiary/aromatic N) is 1. The summed E-state index contributed by atoms with van der Waals surface area (Å²) in [6.07, 6.45) is 0. The van der Waals surface area contributed by atoms with Gasteiger partial charge in [-0.1, -0.05) is 0 Å². The summed E-state index contributed by atoms with van der Waals surface area (Å²) < 4.78 is 31.4. The lowest BCUT2D eigenvalue weighted by atomic mass is 10.7. The molecule has 0 spiro atoms. The zero-order chi connectivity index (χ0) is 17.4. The van der Waals surface area contributed by atoms with Crippen LogP contribution in [0.25, 0.3) is 0 Å². The van der Waals surface area contributed by atoms with E-state index in [-0.39, 0.29) is 0 Å². The molecule has 9 heteroatoms. The van der Waals surface area contributed by atoms with Crippen molar-refractivity contribution in [3.8, 4) is 0 Å². The van der Waals surface area contributed by atoms with Gasteiger partial charge >= 0.3 is 18.3 Å². The summed E-state index contributed by atoms with van der Waals surface area (Å²) in [7, 11) is 4.74. The van der Waals surface area contributed by atoms with Crippen molar-refractivity contribution in [2.24, 2.45) is 0 Å². The van der Waals surface area contributed by atoms with Gasteiger partial charge < -0.3 is 31.5 Å². The Hall–Kier alpha value is 0.154. The van der Waals surface area contributed by atoms with Gasteiger partial charge in [0.1, 0.15) is 0 Å². The van der Waals surface area contributed by atoms with Crippen LogP contribution in [0.5, 0.6) is 0 Å². The van der Waals surface area contributed by atoms with Crippen LogP contribution in [0.4, 0.5) is 0 Å². The van der Waals surface area contributed by atoms with Gasteiger partial charge in [-0.25, -0.2) is 0 Å². The van der Waals surface area contributed by atoms with Crippen LogP contribution in [0.15, 0.2) is 0 Å². The quantitative estimate of drug-likeness (QED) is 0.487. The molecule has 0 saturated carbocycles. The monoisotopic (exact) mass is 357 g/mol. The zero-order valence-electron chi connectivity index (χ0n) is 15.5. The summed E-state index contributed by atoms with van der Waals surface area (Å²) in [4.78, 5) is 2.12. The second-order valence-corrected chi connectivity index (χ2v) is 9.25. The lowest BCUT2D eigenvalue weighted by Crippen LogP contribution is -2.47. The molecule has 0 aliphatic carbocycles. The van der Waals surface area contributed by atoms with E-state index < -0.39 is 18.3 Å². The van der Waals surface area contributed by atoms with Gasteiger partial charge in [-0.05, 0) is 34.9 Å². The van der Waals surface area contributed by atoms with Gasteiger partial charge in [0.25, 0.3) is 0 Å². The highest BCUT2D eigenvalue weighted by Gasteiger charge is 2.39. The molecule has 0 rings (SSSR count). The fourth-order valence-electron chi connectivity index (χ4n) is 1.65. The van der Waals surface area contributed by atoms with Crippen molar-refractivity contribution in [1.82, 2.24) is 4.90 Å². The molecule has 0 aliphatic rings. The molecule has 0 radical (unpaired) electrons. The molecule has 0 heterocycles. The Bertz CT molecular complexity index is 210. The molecule has 7 nitrogen and oxygen atoms in total. The molecule has 0 saturated heterocycles. The van der Waals surface area contributed by atoms with E-state index in [1.165, 1.54) is 0 Å². The Morgan fingerprint density at radius 1 is 0.773 bits per heavy atom. The van der Waals surface area contributed by atoms with Crippen LogP contribution in [0.3, 0.4) is 0 Å². The third-order valence-corrected chi connectivity index (χ3v) is 6.71. The summed E-state index contributed by atoms with van der Waals surface area (Å²) in [5, 5.41) is 0. The van der Waals surface area contributed by atoms with Gasteiger partial charge in [0.2, 0.25) is 0 Å². The SMILES string of the molecule is CCO[Si](CCN(C)C)(OCC)OCC.CO[SiH](OC)OC. The molecule has 0 aromatic heterocycles. The highest BCUT2D eigenvalue weighted by molar-refractivity contribution is 6.60. The zero-order valence-corrected chi connectivity index (χ0v) is 17.7. The van der Waals surface area contributed by atoms with Gasteiger partial charge in [0.15, 0.2) is 0 Å². The molecule has 0 bridgehead atoms. The second-order valence-electron chi connectivity index (χ2n) is 4.53. The van der Waals surface area contributed by atoms with Crippen molar-refractivity contribution in [1.29, 1.82) is 0 Å². The summed E-state index contributed by atoms with van der Waals surface area (Å²) in [5.41, 5.74) is 0. The Labute approximate surface area is 139 Å². The van der Waals surface area contributed by atoms with Crippen LogP contribution in [0, 0.1) is 0 Å². The van der Waals surface area contributed by atoms with Crippen molar-refractivity contribution in [2.45, 2.75) is 26.8 Å². The Kier molecular flexibility index (Phi) is 17.8. The standard InChI is InChI=1S/C10H25NO3Si.C3H10O3Si/c1-6-12-15(13-7-2,14-8-3)10-9-11(4)5;1-4-7(5-2)6-3/h6-10H2,1-5H3;7H,1-3H3. The molecule has 0 fully saturated rings. The van der Waals surface area contributed by atoms with Gasteiger partial charge in [-0.2, -0.15) is 0 Å². The molecule has 0 atom stereocenters. The smallest absolute Gasteiger partial charge is 0.379 e. The first-order valence-electron chi connectivity index (χ1n) is 7.60. The summed E-state index contributed by atoms with van der Waals surface area (Å²) in [5.74, 6) is 0. The van der Waals surface area contributed by atoms with E-state index in [1.807, 2.05) is 34.9 Å². The van der Waals surface area contributed by atoms with E-state index in [0.29, 0.717) is 19.8 Å². The Morgan fingerprint density at radius 2 is 1.14 bits per heavy atom. The summed E-state index contributed by atoms with van der Waals surface area (Å²) >= 11 is 0. The van der Waals surface area contributed by atoms with Crippen LogP contribution < -0.4 is 0 Å². The van der Waals surface area contributed by atoms with E-state index in [2.05, 4.69) is 4.90 Å². The lowest BCUT2D eigenvalue weighted by molar-refractivity contribution is 0.0694. The van der Waals surface area contributed by atoms with Gasteiger partial charge in [0.05, 0.1) is 0 Å². The maximum absolute atomic E-state index is 5.73. The minimum Gasteiger partial charge on any atom is -0.379 e. The average Bonchev–Trinajstić information content (AvgIpc) is 2.48. The normalized spacial score (nSPS) is 11.7. The first-order valence-corrected chi connectivity index (χ1v) is 10.9. The Morgan fingerprint density at radius 3 is 1.32 bits per heavy atom. The largest absolute Gasteiger partial charge is 0.502 e. The highest BCUT2D eigenvalue weighted by atomic mass is 28.4. The molecule has 0 aromatic rings. The van der Waals surface area contributed by atoms with E-state index in [9.17, 15) is 0 Å². The predicted octanol–water partition coefficient (Wildman–Crippen LogP) is 1.24. The van der Waals surface area contributed by atoms with E-state index in [1.54, 1.807) is 21.3 Å². The van der Waals surface area contributed by atoms with Gasteiger partial charge in [-0.3, -0.25) is 0 Å². The molecule has 0 aliphatic heterocycles. The van der Waals surface area contributed by atoms with E-state index in [4.69, 9.17) is 26.6 Å². The highest BCUT2D eigenvalue weighted by Crippen LogP contribution is 2.15. The minimum atomic E-state index is -2.40. The number of hydrogen-bond acceptors (Lipinski definition) is 7. The topological polar surface area (TPSA) is 58.6 Å². The van der Waals surface area contributed by atoms with Crippen LogP contribution in [0.2, 0.25) is 6.04 Å². The van der Waals surface area contributed by atoms with Crippen molar-refractivity contribution in [3.05, 3.63) is 0 Å².